The topological polar surface area (TPSA) is 61.5 Å². The number of aryl methyl sites for hydroxylation is 1. The molecule has 4 nitrogen and oxygen atoms in total. The van der Waals surface area contributed by atoms with Gasteiger partial charge >= 0.3 is 0 Å². The Morgan fingerprint density at radius 2 is 1.68 bits per heavy atom. The molecule has 0 aliphatic rings. The highest BCUT2D eigenvalue weighted by Crippen LogP contribution is 2.22. The van der Waals surface area contributed by atoms with Gasteiger partial charge in [-0.05, 0) is 50.1 Å². The number of unbranched alkanes of at least 4 members (excludes halogenated alkanes) is 1. The summed E-state index contributed by atoms with van der Waals surface area (Å²) in [6.45, 7) is 3.28. The number of hydrogen-bond acceptors (Lipinski definition) is 4. The normalized spacial score (nSPS) is 10.2. The number of anilines is 1. The molecule has 4 heteroatoms. The number of carbonyl (C=O) groups is 1. The van der Waals surface area contributed by atoms with Gasteiger partial charge in [-0.15, -0.1) is 0 Å². The molecular formula is C18H21NO3. The first-order chi connectivity index (χ1) is 10.7. The second kappa shape index (κ2) is 8.08. The summed E-state index contributed by atoms with van der Waals surface area (Å²) in [7, 11) is 0. The van der Waals surface area contributed by atoms with E-state index in [9.17, 15) is 4.79 Å². The summed E-state index contributed by atoms with van der Waals surface area (Å²) >= 11 is 0. The predicted molar refractivity (Wildman–Crippen MR) is 87.6 cm³/mol. The third kappa shape index (κ3) is 4.81. The van der Waals surface area contributed by atoms with Gasteiger partial charge in [-0.1, -0.05) is 17.7 Å². The molecule has 0 fully saturated rings. The zero-order chi connectivity index (χ0) is 15.8. The van der Waals surface area contributed by atoms with Gasteiger partial charge in [-0.25, -0.2) is 0 Å². The largest absolute Gasteiger partial charge is 0.494 e. The van der Waals surface area contributed by atoms with Crippen LogP contribution in [0.1, 0.15) is 28.8 Å². The molecule has 0 unspecified atom stereocenters. The molecule has 0 saturated carbocycles. The second-order valence-corrected chi connectivity index (χ2v) is 5.13. The molecule has 0 amide bonds. The fourth-order valence-corrected chi connectivity index (χ4v) is 1.98. The minimum Gasteiger partial charge on any atom is -0.494 e. The van der Waals surface area contributed by atoms with Gasteiger partial charge in [0.2, 0.25) is 0 Å². The van der Waals surface area contributed by atoms with E-state index in [4.69, 9.17) is 15.2 Å². The van der Waals surface area contributed by atoms with Gasteiger partial charge in [-0.3, -0.25) is 4.79 Å². The van der Waals surface area contributed by atoms with Gasteiger partial charge in [0.05, 0.1) is 18.9 Å². The highest BCUT2D eigenvalue weighted by molar-refractivity contribution is 5.78. The van der Waals surface area contributed by atoms with Crippen molar-refractivity contribution in [3.05, 3.63) is 53.6 Å². The van der Waals surface area contributed by atoms with Gasteiger partial charge in [-0.2, -0.15) is 0 Å². The minimum absolute atomic E-state index is 0.487. The Morgan fingerprint density at radius 3 is 2.32 bits per heavy atom. The monoisotopic (exact) mass is 299 g/mol. The molecule has 0 bridgehead atoms. The molecule has 116 valence electrons. The smallest absolute Gasteiger partial charge is 0.150 e. The van der Waals surface area contributed by atoms with Crippen molar-refractivity contribution in [3.8, 4) is 11.5 Å². The number of nitrogen functional groups attached to an aromatic ring is 1. The SMILES string of the molecule is Cc1ccc(OCCCCOc2ccc(C=O)cc2N)cc1. The van der Waals surface area contributed by atoms with Gasteiger partial charge in [0.25, 0.3) is 0 Å². The Kier molecular flexibility index (Phi) is 5.83. The maximum absolute atomic E-state index is 10.6. The molecule has 0 atom stereocenters. The van der Waals surface area contributed by atoms with Crippen LogP contribution in [0.15, 0.2) is 42.5 Å². The molecule has 22 heavy (non-hydrogen) atoms. The van der Waals surface area contributed by atoms with E-state index in [0.29, 0.717) is 30.2 Å². The van der Waals surface area contributed by atoms with Crippen LogP contribution in [0, 0.1) is 6.92 Å². The zero-order valence-electron chi connectivity index (χ0n) is 12.7. The lowest BCUT2D eigenvalue weighted by atomic mass is 10.2. The van der Waals surface area contributed by atoms with Crippen molar-refractivity contribution in [1.29, 1.82) is 0 Å². The van der Waals surface area contributed by atoms with E-state index in [0.717, 1.165) is 24.9 Å². The molecule has 0 saturated heterocycles. The van der Waals surface area contributed by atoms with Gasteiger partial charge in [0.1, 0.15) is 17.8 Å². The number of carbonyl (C=O) groups excluding carboxylic acids is 1. The molecule has 0 radical (unpaired) electrons. The van der Waals surface area contributed by atoms with Crippen molar-refractivity contribution in [3.63, 3.8) is 0 Å². The van der Waals surface area contributed by atoms with Crippen molar-refractivity contribution in [2.24, 2.45) is 0 Å². The Hall–Kier alpha value is -2.49. The Balaban J connectivity index is 1.65. The summed E-state index contributed by atoms with van der Waals surface area (Å²) in [5, 5.41) is 0. The van der Waals surface area contributed by atoms with Gasteiger partial charge < -0.3 is 15.2 Å². The molecule has 2 aromatic carbocycles. The second-order valence-electron chi connectivity index (χ2n) is 5.13. The fourth-order valence-electron chi connectivity index (χ4n) is 1.98. The summed E-state index contributed by atoms with van der Waals surface area (Å²) in [6, 6.07) is 13.0. The van der Waals surface area contributed by atoms with E-state index in [1.165, 1.54) is 5.56 Å². The number of rotatable bonds is 8. The third-order valence-corrected chi connectivity index (χ3v) is 3.26. The van der Waals surface area contributed by atoms with E-state index < -0.39 is 0 Å². The Bertz CT molecular complexity index is 608. The molecule has 0 heterocycles. The van der Waals surface area contributed by atoms with Crippen LogP contribution in [0.4, 0.5) is 5.69 Å². The number of aldehydes is 1. The number of ether oxygens (including phenoxy) is 2. The van der Waals surface area contributed by atoms with Crippen LogP contribution in [0.3, 0.4) is 0 Å². The van der Waals surface area contributed by atoms with Crippen LogP contribution in [0.25, 0.3) is 0 Å². The maximum atomic E-state index is 10.6. The van der Waals surface area contributed by atoms with Crippen molar-refractivity contribution < 1.29 is 14.3 Å². The van der Waals surface area contributed by atoms with Crippen molar-refractivity contribution in [2.45, 2.75) is 19.8 Å². The lowest BCUT2D eigenvalue weighted by Crippen LogP contribution is -2.04. The Morgan fingerprint density at radius 1 is 1.00 bits per heavy atom. The molecule has 0 aliphatic heterocycles. The number of benzene rings is 2. The van der Waals surface area contributed by atoms with Crippen molar-refractivity contribution in [1.82, 2.24) is 0 Å². The summed E-state index contributed by atoms with van der Waals surface area (Å²) in [6.07, 6.45) is 2.55. The molecule has 2 rings (SSSR count). The van der Waals surface area contributed by atoms with E-state index >= 15 is 0 Å². The first-order valence-electron chi connectivity index (χ1n) is 7.36. The minimum atomic E-state index is 0.487. The zero-order valence-corrected chi connectivity index (χ0v) is 12.7. The predicted octanol–water partition coefficient (Wildman–Crippen LogP) is 3.63. The van der Waals surface area contributed by atoms with E-state index in [1.54, 1.807) is 18.2 Å². The van der Waals surface area contributed by atoms with Gasteiger partial charge in [0, 0.05) is 5.56 Å². The first-order valence-corrected chi connectivity index (χ1v) is 7.36. The van der Waals surface area contributed by atoms with Crippen LogP contribution in [-0.2, 0) is 0 Å². The quantitative estimate of drug-likeness (QED) is 0.459. The molecular weight excluding hydrogens is 278 g/mol. The van der Waals surface area contributed by atoms with Crippen molar-refractivity contribution in [2.75, 3.05) is 18.9 Å². The average Bonchev–Trinajstić information content (AvgIpc) is 2.53. The van der Waals surface area contributed by atoms with Crippen LogP contribution < -0.4 is 15.2 Å². The number of hydrogen-bond donors (Lipinski definition) is 1. The fraction of sp³-hybridized carbons (Fsp3) is 0.278. The molecule has 2 aromatic rings. The Labute approximate surface area is 130 Å². The molecule has 0 aliphatic carbocycles. The van der Waals surface area contributed by atoms with Crippen molar-refractivity contribution >= 4 is 12.0 Å². The molecule has 2 N–H and O–H groups in total. The van der Waals surface area contributed by atoms with Gasteiger partial charge in [0.15, 0.2) is 0 Å². The van der Waals surface area contributed by atoms with Crippen LogP contribution >= 0.6 is 0 Å². The molecule has 0 aromatic heterocycles. The summed E-state index contributed by atoms with van der Waals surface area (Å²) in [5.41, 5.74) is 8.08. The van der Waals surface area contributed by atoms with E-state index in [1.807, 2.05) is 24.3 Å². The highest BCUT2D eigenvalue weighted by Gasteiger charge is 2.01. The lowest BCUT2D eigenvalue weighted by molar-refractivity contribution is 0.112. The molecule has 0 spiro atoms. The summed E-state index contributed by atoms with van der Waals surface area (Å²) < 4.78 is 11.3. The van der Waals surface area contributed by atoms with Crippen LogP contribution in [0.2, 0.25) is 0 Å². The number of nitrogens with two attached hydrogens (primary N) is 1. The van der Waals surface area contributed by atoms with Crippen LogP contribution in [-0.4, -0.2) is 19.5 Å². The average molecular weight is 299 g/mol. The van der Waals surface area contributed by atoms with Crippen LogP contribution in [0.5, 0.6) is 11.5 Å². The highest BCUT2D eigenvalue weighted by atomic mass is 16.5. The summed E-state index contributed by atoms with van der Waals surface area (Å²) in [4.78, 5) is 10.6. The van der Waals surface area contributed by atoms with E-state index in [-0.39, 0.29) is 0 Å². The van der Waals surface area contributed by atoms with E-state index in [2.05, 4.69) is 6.92 Å². The maximum Gasteiger partial charge on any atom is 0.150 e. The third-order valence-electron chi connectivity index (χ3n) is 3.26. The first kappa shape index (κ1) is 15.9. The summed E-state index contributed by atoms with van der Waals surface area (Å²) in [5.74, 6) is 1.50. The lowest BCUT2D eigenvalue weighted by Gasteiger charge is -2.10. The standard InChI is InChI=1S/C18H21NO3/c1-14-4-7-16(8-5-14)21-10-2-3-11-22-18-9-6-15(13-20)12-17(18)19/h4-9,12-13H,2-3,10-11,19H2,1H3.